The predicted molar refractivity (Wildman–Crippen MR) is 77.3 cm³/mol. The van der Waals surface area contributed by atoms with E-state index >= 15 is 0 Å². The molecule has 17 heavy (non-hydrogen) atoms. The van der Waals surface area contributed by atoms with Gasteiger partial charge in [0, 0.05) is 12.1 Å². The van der Waals surface area contributed by atoms with Crippen LogP contribution < -0.4 is 5.32 Å². The van der Waals surface area contributed by atoms with Crippen LogP contribution in [-0.2, 0) is 0 Å². The highest BCUT2D eigenvalue weighted by molar-refractivity contribution is 4.81. The second-order valence-electron chi connectivity index (χ2n) is 6.38. The molecule has 1 aliphatic carbocycles. The van der Waals surface area contributed by atoms with Gasteiger partial charge in [-0.15, -0.1) is 0 Å². The molecule has 0 spiro atoms. The molecule has 1 aliphatic rings. The van der Waals surface area contributed by atoms with E-state index in [1.165, 1.54) is 51.4 Å². The summed E-state index contributed by atoms with van der Waals surface area (Å²) in [5.41, 5.74) is 0. The summed E-state index contributed by atoms with van der Waals surface area (Å²) in [4.78, 5) is 0. The van der Waals surface area contributed by atoms with E-state index in [2.05, 4.69) is 33.0 Å². The summed E-state index contributed by atoms with van der Waals surface area (Å²) in [5, 5.41) is 3.85. The van der Waals surface area contributed by atoms with Gasteiger partial charge in [0.25, 0.3) is 0 Å². The molecule has 0 aromatic rings. The highest BCUT2D eigenvalue weighted by Gasteiger charge is 2.24. The summed E-state index contributed by atoms with van der Waals surface area (Å²) >= 11 is 0. The lowest BCUT2D eigenvalue weighted by Crippen LogP contribution is -2.41. The molecule has 102 valence electrons. The first-order valence-corrected chi connectivity index (χ1v) is 7.89. The Morgan fingerprint density at radius 3 is 2.47 bits per heavy atom. The lowest BCUT2D eigenvalue weighted by Gasteiger charge is -2.34. The summed E-state index contributed by atoms with van der Waals surface area (Å²) < 4.78 is 0. The molecule has 0 aliphatic heterocycles. The quantitative estimate of drug-likeness (QED) is 0.632. The van der Waals surface area contributed by atoms with E-state index in [0.29, 0.717) is 0 Å². The molecule has 0 saturated heterocycles. The molecular formula is C16H33N. The Morgan fingerprint density at radius 2 is 1.82 bits per heavy atom. The van der Waals surface area contributed by atoms with Crippen LogP contribution >= 0.6 is 0 Å². The Hall–Kier alpha value is -0.0400. The Bertz CT molecular complexity index is 190. The Kier molecular flexibility index (Phi) is 7.18. The van der Waals surface area contributed by atoms with Crippen molar-refractivity contribution in [3.05, 3.63) is 0 Å². The molecule has 1 fully saturated rings. The van der Waals surface area contributed by atoms with Gasteiger partial charge in [0.1, 0.15) is 0 Å². The molecule has 0 heterocycles. The second-order valence-corrected chi connectivity index (χ2v) is 6.38. The minimum atomic E-state index is 0.720. The third-order valence-electron chi connectivity index (χ3n) is 4.61. The molecule has 1 rings (SSSR count). The van der Waals surface area contributed by atoms with Gasteiger partial charge in [0.2, 0.25) is 0 Å². The van der Waals surface area contributed by atoms with Gasteiger partial charge < -0.3 is 5.32 Å². The summed E-state index contributed by atoms with van der Waals surface area (Å²) in [6.07, 6.45) is 11.1. The average Bonchev–Trinajstić information content (AvgIpc) is 2.30. The van der Waals surface area contributed by atoms with Crippen molar-refractivity contribution in [1.29, 1.82) is 0 Å². The fourth-order valence-corrected chi connectivity index (χ4v) is 3.06. The normalized spacial score (nSPS) is 31.4. The molecule has 0 aromatic heterocycles. The predicted octanol–water partition coefficient (Wildman–Crippen LogP) is 4.76. The first-order chi connectivity index (χ1) is 8.13. The molecule has 0 bridgehead atoms. The average molecular weight is 239 g/mol. The highest BCUT2D eigenvalue weighted by atomic mass is 14.9. The number of nitrogens with one attached hydrogen (secondary N) is 1. The number of rotatable bonds is 7. The Balaban J connectivity index is 2.11. The Labute approximate surface area is 109 Å². The maximum absolute atomic E-state index is 3.85. The minimum Gasteiger partial charge on any atom is -0.311 e. The Morgan fingerprint density at radius 1 is 1.06 bits per heavy atom. The first kappa shape index (κ1) is 15.0. The number of hydrogen-bond donors (Lipinski definition) is 1. The summed E-state index contributed by atoms with van der Waals surface area (Å²) in [6, 6.07) is 1.51. The van der Waals surface area contributed by atoms with Crippen molar-refractivity contribution in [2.75, 3.05) is 0 Å². The van der Waals surface area contributed by atoms with Gasteiger partial charge in [-0.25, -0.2) is 0 Å². The lowest BCUT2D eigenvalue weighted by molar-refractivity contribution is 0.214. The van der Waals surface area contributed by atoms with Crippen LogP contribution in [0.4, 0.5) is 0 Å². The van der Waals surface area contributed by atoms with Crippen molar-refractivity contribution in [2.24, 2.45) is 11.8 Å². The van der Waals surface area contributed by atoms with E-state index in [1.807, 2.05) is 0 Å². The van der Waals surface area contributed by atoms with Crippen LogP contribution in [0.1, 0.15) is 79.1 Å². The van der Waals surface area contributed by atoms with E-state index in [-0.39, 0.29) is 0 Å². The van der Waals surface area contributed by atoms with Crippen molar-refractivity contribution in [2.45, 2.75) is 91.1 Å². The molecule has 0 radical (unpaired) electrons. The van der Waals surface area contributed by atoms with Gasteiger partial charge >= 0.3 is 0 Å². The van der Waals surface area contributed by atoms with Crippen molar-refractivity contribution >= 4 is 0 Å². The van der Waals surface area contributed by atoms with Crippen LogP contribution in [0.15, 0.2) is 0 Å². The third kappa shape index (κ3) is 5.90. The van der Waals surface area contributed by atoms with E-state index in [4.69, 9.17) is 0 Å². The molecule has 1 saturated carbocycles. The second kappa shape index (κ2) is 8.13. The molecule has 1 heteroatoms. The van der Waals surface area contributed by atoms with Crippen LogP contribution in [0.2, 0.25) is 0 Å². The van der Waals surface area contributed by atoms with Gasteiger partial charge in [0.05, 0.1) is 0 Å². The van der Waals surface area contributed by atoms with Crippen LogP contribution in [0.5, 0.6) is 0 Å². The molecule has 1 N–H and O–H groups in total. The van der Waals surface area contributed by atoms with E-state index < -0.39 is 0 Å². The molecule has 0 amide bonds. The molecule has 4 atom stereocenters. The van der Waals surface area contributed by atoms with Crippen molar-refractivity contribution in [1.82, 2.24) is 5.32 Å². The van der Waals surface area contributed by atoms with Crippen LogP contribution in [-0.4, -0.2) is 12.1 Å². The van der Waals surface area contributed by atoms with E-state index in [0.717, 1.165) is 23.9 Å². The third-order valence-corrected chi connectivity index (χ3v) is 4.61. The van der Waals surface area contributed by atoms with Crippen LogP contribution in [0.3, 0.4) is 0 Å². The fraction of sp³-hybridized carbons (Fsp3) is 1.00. The zero-order chi connectivity index (χ0) is 12.7. The summed E-state index contributed by atoms with van der Waals surface area (Å²) in [7, 11) is 0. The van der Waals surface area contributed by atoms with Crippen LogP contribution in [0, 0.1) is 11.8 Å². The molecule has 0 aromatic carbocycles. The molecular weight excluding hydrogens is 206 g/mol. The summed E-state index contributed by atoms with van der Waals surface area (Å²) in [6.45, 7) is 9.49. The van der Waals surface area contributed by atoms with Gasteiger partial charge in [0.15, 0.2) is 0 Å². The highest BCUT2D eigenvalue weighted by Crippen LogP contribution is 2.29. The summed E-state index contributed by atoms with van der Waals surface area (Å²) in [5.74, 6) is 1.85. The first-order valence-electron chi connectivity index (χ1n) is 7.89. The maximum atomic E-state index is 3.85. The topological polar surface area (TPSA) is 12.0 Å². The van der Waals surface area contributed by atoms with Crippen molar-refractivity contribution in [3.8, 4) is 0 Å². The monoisotopic (exact) mass is 239 g/mol. The number of hydrogen-bond acceptors (Lipinski definition) is 1. The van der Waals surface area contributed by atoms with Crippen molar-refractivity contribution < 1.29 is 0 Å². The van der Waals surface area contributed by atoms with Gasteiger partial charge in [-0.1, -0.05) is 46.5 Å². The van der Waals surface area contributed by atoms with Gasteiger partial charge in [-0.2, -0.15) is 0 Å². The van der Waals surface area contributed by atoms with E-state index in [1.54, 1.807) is 0 Å². The standard InChI is InChI=1S/C16H33N/c1-5-6-7-8-9-15(4)17-16-11-10-13(2)14(3)12-16/h13-17H,5-12H2,1-4H3. The zero-order valence-corrected chi connectivity index (χ0v) is 12.5. The van der Waals surface area contributed by atoms with E-state index in [9.17, 15) is 0 Å². The smallest absolute Gasteiger partial charge is 0.00722 e. The largest absolute Gasteiger partial charge is 0.311 e. The minimum absolute atomic E-state index is 0.720. The van der Waals surface area contributed by atoms with Gasteiger partial charge in [-0.3, -0.25) is 0 Å². The molecule has 4 unspecified atom stereocenters. The molecule has 1 nitrogen and oxygen atoms in total. The number of unbranched alkanes of at least 4 members (excludes halogenated alkanes) is 3. The maximum Gasteiger partial charge on any atom is 0.00722 e. The van der Waals surface area contributed by atoms with Crippen LogP contribution in [0.25, 0.3) is 0 Å². The fourth-order valence-electron chi connectivity index (χ4n) is 3.06. The lowest BCUT2D eigenvalue weighted by atomic mass is 9.79. The van der Waals surface area contributed by atoms with Gasteiger partial charge in [-0.05, 0) is 44.4 Å². The van der Waals surface area contributed by atoms with Crippen molar-refractivity contribution in [3.63, 3.8) is 0 Å². The SMILES string of the molecule is CCCCCCC(C)NC1CCC(C)C(C)C1. The zero-order valence-electron chi connectivity index (χ0n) is 12.5.